The van der Waals surface area contributed by atoms with Crippen LogP contribution in [0.15, 0.2) is 42.5 Å². The van der Waals surface area contributed by atoms with Crippen LogP contribution >= 0.6 is 11.6 Å². The highest BCUT2D eigenvalue weighted by Crippen LogP contribution is 2.32. The van der Waals surface area contributed by atoms with Crippen molar-refractivity contribution in [3.05, 3.63) is 70.0 Å². The predicted molar refractivity (Wildman–Crippen MR) is 112 cm³/mol. The Morgan fingerprint density at radius 2 is 1.86 bits per heavy atom. The highest BCUT2D eigenvalue weighted by atomic mass is 35.5. The molecule has 3 rings (SSSR count). The van der Waals surface area contributed by atoms with E-state index in [1.807, 2.05) is 44.2 Å². The van der Waals surface area contributed by atoms with Crippen molar-refractivity contribution in [3.8, 4) is 5.75 Å². The van der Waals surface area contributed by atoms with Crippen molar-refractivity contribution >= 4 is 34.8 Å². The van der Waals surface area contributed by atoms with Gasteiger partial charge in [-0.05, 0) is 56.2 Å². The molecule has 0 bridgehead atoms. The molecule has 144 valence electrons. The van der Waals surface area contributed by atoms with Crippen LogP contribution in [-0.2, 0) is 0 Å². The lowest BCUT2D eigenvalue weighted by Gasteiger charge is -2.13. The topological polar surface area (TPSA) is 76.1 Å². The number of carbonyl (C=O) groups is 1. The van der Waals surface area contributed by atoms with E-state index in [1.54, 1.807) is 26.2 Å². The third kappa shape index (κ3) is 4.58. The summed E-state index contributed by atoms with van der Waals surface area (Å²) in [7, 11) is 1.56. The average Bonchev–Trinajstić information content (AvgIpc) is 2.64. The quantitative estimate of drug-likeness (QED) is 0.630. The summed E-state index contributed by atoms with van der Waals surface area (Å²) in [6.45, 7) is 5.67. The maximum absolute atomic E-state index is 12.6. The summed E-state index contributed by atoms with van der Waals surface area (Å²) in [5.74, 6) is 0.555. The lowest BCUT2D eigenvalue weighted by Crippen LogP contribution is -2.15. The molecule has 0 saturated carbocycles. The Morgan fingerprint density at radius 1 is 1.07 bits per heavy atom. The van der Waals surface area contributed by atoms with Crippen molar-refractivity contribution in [1.29, 1.82) is 0 Å². The number of methoxy groups -OCH3 is 1. The number of amides is 1. The van der Waals surface area contributed by atoms with Crippen LogP contribution in [0, 0.1) is 20.8 Å². The standard InChI is InChI=1S/C21H21ClN4O2/c1-12-6-5-7-15(8-12)24-20(27)18-10-14(3)23-21(26-18)25-17-9-13(2)16(22)11-19(17)28-4/h5-11H,1-4H3,(H,24,27)(H,23,25,26). The molecule has 0 saturated heterocycles. The number of ether oxygens (including phenoxy) is 1. The fraction of sp³-hybridized carbons (Fsp3) is 0.190. The molecule has 2 N–H and O–H groups in total. The summed E-state index contributed by atoms with van der Waals surface area (Å²) in [4.78, 5) is 21.4. The van der Waals surface area contributed by atoms with Crippen LogP contribution in [0.1, 0.15) is 27.3 Å². The second-order valence-electron chi connectivity index (χ2n) is 6.47. The van der Waals surface area contributed by atoms with Crippen molar-refractivity contribution in [2.24, 2.45) is 0 Å². The normalized spacial score (nSPS) is 10.5. The van der Waals surface area contributed by atoms with Gasteiger partial charge in [0.2, 0.25) is 5.95 Å². The van der Waals surface area contributed by atoms with Crippen molar-refractivity contribution < 1.29 is 9.53 Å². The minimum absolute atomic E-state index is 0.265. The highest BCUT2D eigenvalue weighted by Gasteiger charge is 2.13. The molecule has 0 radical (unpaired) electrons. The first-order chi connectivity index (χ1) is 13.4. The van der Waals surface area contributed by atoms with Crippen LogP contribution in [0.3, 0.4) is 0 Å². The molecule has 6 nitrogen and oxygen atoms in total. The van der Waals surface area contributed by atoms with Gasteiger partial charge in [-0.15, -0.1) is 0 Å². The number of halogens is 1. The van der Waals surface area contributed by atoms with Gasteiger partial charge in [0.1, 0.15) is 11.4 Å². The maximum Gasteiger partial charge on any atom is 0.274 e. The third-order valence-corrected chi connectivity index (χ3v) is 4.50. The molecule has 2 aromatic carbocycles. The Morgan fingerprint density at radius 3 is 2.57 bits per heavy atom. The number of anilines is 3. The number of nitrogens with one attached hydrogen (secondary N) is 2. The highest BCUT2D eigenvalue weighted by molar-refractivity contribution is 6.31. The molecule has 1 amide bonds. The Labute approximate surface area is 168 Å². The van der Waals surface area contributed by atoms with Gasteiger partial charge in [-0.2, -0.15) is 0 Å². The molecule has 0 aliphatic rings. The van der Waals surface area contributed by atoms with Gasteiger partial charge in [-0.3, -0.25) is 4.79 Å². The second kappa shape index (κ2) is 8.27. The fourth-order valence-electron chi connectivity index (χ4n) is 2.71. The Hall–Kier alpha value is -3.12. The third-order valence-electron chi connectivity index (χ3n) is 4.09. The van der Waals surface area contributed by atoms with E-state index in [-0.39, 0.29) is 11.6 Å². The van der Waals surface area contributed by atoms with E-state index < -0.39 is 0 Å². The zero-order valence-electron chi connectivity index (χ0n) is 16.1. The van der Waals surface area contributed by atoms with Crippen molar-refractivity contribution in [2.45, 2.75) is 20.8 Å². The molecule has 7 heteroatoms. The SMILES string of the molecule is COc1cc(Cl)c(C)cc1Nc1nc(C)cc(C(=O)Nc2cccc(C)c2)n1. The minimum Gasteiger partial charge on any atom is -0.495 e. The summed E-state index contributed by atoms with van der Waals surface area (Å²) in [5.41, 5.74) is 4.25. The Kier molecular flexibility index (Phi) is 5.80. The zero-order chi connectivity index (χ0) is 20.3. The molecule has 0 unspecified atom stereocenters. The molecule has 28 heavy (non-hydrogen) atoms. The van der Waals surface area contributed by atoms with E-state index in [9.17, 15) is 4.79 Å². The van der Waals surface area contributed by atoms with E-state index in [0.717, 1.165) is 11.1 Å². The number of aryl methyl sites for hydroxylation is 3. The zero-order valence-corrected chi connectivity index (χ0v) is 16.9. The van der Waals surface area contributed by atoms with Crippen molar-refractivity contribution in [2.75, 3.05) is 17.7 Å². The van der Waals surface area contributed by atoms with Gasteiger partial charge in [0, 0.05) is 22.5 Å². The predicted octanol–water partition coefficient (Wildman–Crippen LogP) is 5.06. The van der Waals surface area contributed by atoms with Crippen LogP contribution in [0.25, 0.3) is 0 Å². The van der Waals surface area contributed by atoms with E-state index in [4.69, 9.17) is 16.3 Å². The van der Waals surface area contributed by atoms with Crippen LogP contribution in [-0.4, -0.2) is 23.0 Å². The number of rotatable bonds is 5. The van der Waals surface area contributed by atoms with Gasteiger partial charge in [0.15, 0.2) is 0 Å². The molecule has 0 atom stereocenters. The van der Waals surface area contributed by atoms with Gasteiger partial charge in [0.05, 0.1) is 12.8 Å². The number of hydrogen-bond acceptors (Lipinski definition) is 5. The minimum atomic E-state index is -0.307. The van der Waals surface area contributed by atoms with Crippen LogP contribution in [0.2, 0.25) is 5.02 Å². The first kappa shape index (κ1) is 19.6. The monoisotopic (exact) mass is 396 g/mol. The van der Waals surface area contributed by atoms with E-state index in [0.29, 0.717) is 33.8 Å². The summed E-state index contributed by atoms with van der Waals surface area (Å²) in [6.07, 6.45) is 0. The van der Waals surface area contributed by atoms with E-state index in [2.05, 4.69) is 20.6 Å². The Bertz CT molecular complexity index is 1040. The summed E-state index contributed by atoms with van der Waals surface area (Å²) < 4.78 is 5.37. The summed E-state index contributed by atoms with van der Waals surface area (Å²) in [5, 5.41) is 6.57. The molecule has 1 heterocycles. The van der Waals surface area contributed by atoms with Crippen molar-refractivity contribution in [3.63, 3.8) is 0 Å². The molecule has 3 aromatic rings. The summed E-state index contributed by atoms with van der Waals surface area (Å²) >= 11 is 6.16. The average molecular weight is 397 g/mol. The van der Waals surface area contributed by atoms with Crippen molar-refractivity contribution in [1.82, 2.24) is 9.97 Å². The summed E-state index contributed by atoms with van der Waals surface area (Å²) in [6, 6.07) is 12.8. The largest absolute Gasteiger partial charge is 0.495 e. The molecular formula is C21H21ClN4O2. The van der Waals surface area contributed by atoms with Gasteiger partial charge < -0.3 is 15.4 Å². The van der Waals surface area contributed by atoms with Gasteiger partial charge in [0.25, 0.3) is 5.91 Å². The molecular weight excluding hydrogens is 376 g/mol. The van der Waals surface area contributed by atoms with Crippen LogP contribution in [0.5, 0.6) is 5.75 Å². The molecule has 0 aliphatic carbocycles. The van der Waals surface area contributed by atoms with Gasteiger partial charge in [-0.25, -0.2) is 9.97 Å². The van der Waals surface area contributed by atoms with E-state index >= 15 is 0 Å². The van der Waals surface area contributed by atoms with Gasteiger partial charge in [-0.1, -0.05) is 23.7 Å². The molecule has 1 aromatic heterocycles. The van der Waals surface area contributed by atoms with Crippen LogP contribution in [0.4, 0.5) is 17.3 Å². The fourth-order valence-corrected chi connectivity index (χ4v) is 2.86. The lowest BCUT2D eigenvalue weighted by molar-refractivity contribution is 0.102. The number of nitrogens with zero attached hydrogens (tertiary/aromatic N) is 2. The second-order valence-corrected chi connectivity index (χ2v) is 6.88. The Balaban J connectivity index is 1.88. The lowest BCUT2D eigenvalue weighted by atomic mass is 10.2. The smallest absolute Gasteiger partial charge is 0.274 e. The number of benzene rings is 2. The molecule has 0 aliphatic heterocycles. The first-order valence-electron chi connectivity index (χ1n) is 8.70. The van der Waals surface area contributed by atoms with Crippen LogP contribution < -0.4 is 15.4 Å². The maximum atomic E-state index is 12.6. The number of carbonyl (C=O) groups excluding carboxylic acids is 1. The molecule has 0 spiro atoms. The van der Waals surface area contributed by atoms with E-state index in [1.165, 1.54) is 0 Å². The molecule has 0 fully saturated rings. The number of aromatic nitrogens is 2. The number of hydrogen-bond donors (Lipinski definition) is 2. The van der Waals surface area contributed by atoms with Gasteiger partial charge >= 0.3 is 0 Å². The first-order valence-corrected chi connectivity index (χ1v) is 9.08.